The third-order valence-electron chi connectivity index (χ3n) is 2.02. The van der Waals surface area contributed by atoms with E-state index in [-0.39, 0.29) is 6.04 Å². The highest BCUT2D eigenvalue weighted by atomic mass is 32.1. The summed E-state index contributed by atoms with van der Waals surface area (Å²) in [4.78, 5) is 4.28. The van der Waals surface area contributed by atoms with E-state index >= 15 is 0 Å². The summed E-state index contributed by atoms with van der Waals surface area (Å²) < 4.78 is 3.98. The molecule has 0 aromatic rings. The molecular weight excluding hydrogens is 158 g/mol. The molecule has 1 rings (SSSR count). The first kappa shape index (κ1) is 8.74. The van der Waals surface area contributed by atoms with Crippen molar-refractivity contribution >= 4 is 24.2 Å². The smallest absolute Gasteiger partial charge is 0.0979 e. The van der Waals surface area contributed by atoms with Gasteiger partial charge in [0.25, 0.3) is 0 Å². The van der Waals surface area contributed by atoms with E-state index in [4.69, 9.17) is 5.73 Å². The lowest BCUT2D eigenvalue weighted by Gasteiger charge is -2.22. The van der Waals surface area contributed by atoms with Crippen molar-refractivity contribution in [1.29, 1.82) is 0 Å². The number of hydrogen-bond acceptors (Lipinski definition) is 3. The Balaban J connectivity index is 2.89. The van der Waals surface area contributed by atoms with Crippen LogP contribution >= 0.6 is 0 Å². The average Bonchev–Trinajstić information content (AvgIpc) is 1.99. The molecule has 0 bridgehead atoms. The topological polar surface area (TPSA) is 50.7 Å². The molecule has 2 atom stereocenters. The van der Waals surface area contributed by atoms with Crippen molar-refractivity contribution in [1.82, 2.24) is 0 Å². The Morgan fingerprint density at radius 3 is 2.82 bits per heavy atom. The number of aliphatic imine (C=N–C) groups is 1. The maximum atomic E-state index is 5.83. The predicted octanol–water partition coefficient (Wildman–Crippen LogP) is -0.208. The van der Waals surface area contributed by atoms with E-state index in [2.05, 4.69) is 29.1 Å². The molecule has 0 fully saturated rings. The number of hydrogen-bond donors (Lipinski definition) is 1. The summed E-state index contributed by atoms with van der Waals surface area (Å²) in [6, 6.07) is -0.0868. The van der Waals surface area contributed by atoms with Crippen molar-refractivity contribution in [3.63, 3.8) is 0 Å². The Hall–Kier alpha value is -0.350. The fraction of sp³-hybridized carbons (Fsp3) is 0.714. The first-order valence-corrected chi connectivity index (χ1v) is 4.12. The van der Waals surface area contributed by atoms with E-state index in [0.717, 1.165) is 18.0 Å². The minimum Gasteiger partial charge on any atom is -0.318 e. The quantitative estimate of drug-likeness (QED) is 0.505. The van der Waals surface area contributed by atoms with Crippen LogP contribution in [0.15, 0.2) is 9.39 Å². The van der Waals surface area contributed by atoms with Crippen molar-refractivity contribution in [3.05, 3.63) is 0 Å². The molecule has 4 heteroatoms. The largest absolute Gasteiger partial charge is 0.318 e. The summed E-state index contributed by atoms with van der Waals surface area (Å²) in [6.07, 6.45) is 0. The van der Waals surface area contributed by atoms with Crippen LogP contribution in [-0.4, -0.2) is 24.0 Å². The molecule has 0 radical (unpaired) electrons. The van der Waals surface area contributed by atoms with Crippen LogP contribution in [0.2, 0.25) is 0 Å². The van der Waals surface area contributed by atoms with Gasteiger partial charge in [0, 0.05) is 18.2 Å². The number of rotatable bonds is 0. The van der Waals surface area contributed by atoms with Gasteiger partial charge in [-0.3, -0.25) is 4.99 Å². The highest BCUT2D eigenvalue weighted by Crippen LogP contribution is 2.10. The summed E-state index contributed by atoms with van der Waals surface area (Å²) >= 11 is 3.12. The summed E-state index contributed by atoms with van der Waals surface area (Å²) in [6.45, 7) is 4.82. The number of nitrogens with zero attached hydrogens (tertiary/aromatic N) is 2. The van der Waals surface area contributed by atoms with Crippen LogP contribution < -0.4 is 5.73 Å². The van der Waals surface area contributed by atoms with Crippen molar-refractivity contribution in [3.8, 4) is 0 Å². The Kier molecular flexibility index (Phi) is 2.67. The Labute approximate surface area is 72.3 Å². The fourth-order valence-corrected chi connectivity index (χ4v) is 1.53. The first-order chi connectivity index (χ1) is 5.16. The summed E-state index contributed by atoms with van der Waals surface area (Å²) in [5, 5.41) is 0. The maximum Gasteiger partial charge on any atom is 0.0979 e. The van der Waals surface area contributed by atoms with Crippen molar-refractivity contribution < 1.29 is 0 Å². The van der Waals surface area contributed by atoms with Crippen LogP contribution in [0.25, 0.3) is 0 Å². The van der Waals surface area contributed by atoms with Crippen molar-refractivity contribution in [2.45, 2.75) is 19.9 Å². The van der Waals surface area contributed by atoms with Gasteiger partial charge in [0.05, 0.1) is 24.6 Å². The molecule has 1 aliphatic rings. The van der Waals surface area contributed by atoms with Gasteiger partial charge in [-0.2, -0.15) is 0 Å². The van der Waals surface area contributed by atoms with Crippen LogP contribution in [0.1, 0.15) is 13.8 Å². The lowest BCUT2D eigenvalue weighted by molar-refractivity contribution is 0.737. The number of nitrogens with two attached hydrogens (primary N) is 1. The van der Waals surface area contributed by atoms with Gasteiger partial charge in [-0.05, 0) is 6.92 Å². The molecule has 62 valence electrons. The molecule has 3 nitrogen and oxygen atoms in total. The van der Waals surface area contributed by atoms with Crippen LogP contribution in [0.5, 0.6) is 0 Å². The second-order valence-corrected chi connectivity index (χ2v) is 3.12. The Morgan fingerprint density at radius 1 is 1.73 bits per heavy atom. The molecule has 2 N–H and O–H groups in total. The van der Waals surface area contributed by atoms with Crippen molar-refractivity contribution in [2.24, 2.45) is 21.0 Å². The molecular formula is C7H14N3S+. The van der Waals surface area contributed by atoms with E-state index < -0.39 is 0 Å². The van der Waals surface area contributed by atoms with Crippen LogP contribution in [0, 0.1) is 5.92 Å². The van der Waals surface area contributed by atoms with E-state index in [1.54, 1.807) is 0 Å². The second-order valence-electron chi connectivity index (χ2n) is 2.90. The molecule has 0 aromatic carbocycles. The zero-order valence-corrected chi connectivity index (χ0v) is 7.83. The normalized spacial score (nSPS) is 35.6. The summed E-state index contributed by atoms with van der Waals surface area (Å²) in [5.74, 6) is 0.367. The van der Waals surface area contributed by atoms with Crippen LogP contribution in [-0.2, 0) is 12.8 Å². The Morgan fingerprint density at radius 2 is 2.36 bits per heavy atom. The van der Waals surface area contributed by atoms with Gasteiger partial charge >= 0.3 is 0 Å². The van der Waals surface area contributed by atoms with Crippen molar-refractivity contribution in [2.75, 3.05) is 6.54 Å². The zero-order chi connectivity index (χ0) is 8.43. The predicted molar refractivity (Wildman–Crippen MR) is 52.7 cm³/mol. The van der Waals surface area contributed by atoms with Gasteiger partial charge in [-0.15, -0.1) is 0 Å². The Bertz CT molecular complexity index is 210. The molecule has 0 aliphatic carbocycles. The molecule has 1 heterocycles. The van der Waals surface area contributed by atoms with Gasteiger partial charge in [-0.25, -0.2) is 0 Å². The van der Waals surface area contributed by atoms with Gasteiger partial charge in [0.15, 0.2) is 0 Å². The molecule has 1 aliphatic heterocycles. The SMILES string of the molecule is CC1=NC[C@H](C)C(=N[SH2+])C1N. The van der Waals surface area contributed by atoms with Crippen LogP contribution in [0.4, 0.5) is 0 Å². The van der Waals surface area contributed by atoms with Gasteiger partial charge in [0.1, 0.15) is 0 Å². The maximum absolute atomic E-state index is 5.83. The summed E-state index contributed by atoms with van der Waals surface area (Å²) in [7, 11) is 0. The van der Waals surface area contributed by atoms with Gasteiger partial charge < -0.3 is 5.73 Å². The molecule has 0 aromatic heterocycles. The second kappa shape index (κ2) is 3.36. The fourth-order valence-electron chi connectivity index (χ4n) is 1.17. The third-order valence-corrected chi connectivity index (χ3v) is 2.28. The average molecular weight is 172 g/mol. The third kappa shape index (κ3) is 1.62. The minimum atomic E-state index is -0.0868. The molecule has 0 saturated carbocycles. The highest BCUT2D eigenvalue weighted by molar-refractivity contribution is 7.57. The monoisotopic (exact) mass is 172 g/mol. The standard InChI is InChI=1S/C7H13N3S/c1-4-3-9-5(2)6(8)7(4)10-11/h4,6,11H,3,8H2,1-2H3/p+1/t4-,6?/m0/s1. The first-order valence-electron chi connectivity index (χ1n) is 3.67. The lowest BCUT2D eigenvalue weighted by Crippen LogP contribution is -2.44. The van der Waals surface area contributed by atoms with Gasteiger partial charge in [0.2, 0.25) is 0 Å². The highest BCUT2D eigenvalue weighted by Gasteiger charge is 2.25. The molecule has 1 unspecified atom stereocenters. The molecule has 0 saturated heterocycles. The van der Waals surface area contributed by atoms with E-state index in [9.17, 15) is 0 Å². The van der Waals surface area contributed by atoms with E-state index in [1.807, 2.05) is 6.92 Å². The van der Waals surface area contributed by atoms with E-state index in [1.165, 1.54) is 0 Å². The molecule has 0 amide bonds. The zero-order valence-electron chi connectivity index (χ0n) is 6.83. The molecule has 0 spiro atoms. The summed E-state index contributed by atoms with van der Waals surface area (Å²) in [5.41, 5.74) is 7.80. The van der Waals surface area contributed by atoms with Gasteiger partial charge in [-0.1, -0.05) is 11.3 Å². The lowest BCUT2D eigenvalue weighted by atomic mass is 9.94. The van der Waals surface area contributed by atoms with E-state index in [0.29, 0.717) is 5.92 Å². The van der Waals surface area contributed by atoms with Crippen LogP contribution in [0.3, 0.4) is 0 Å². The minimum absolute atomic E-state index is 0.0868. The molecule has 11 heavy (non-hydrogen) atoms.